The summed E-state index contributed by atoms with van der Waals surface area (Å²) in [6, 6.07) is 9.02. The number of carbonyl (C=O) groups is 1. The summed E-state index contributed by atoms with van der Waals surface area (Å²) in [5, 5.41) is 12.1. The Labute approximate surface area is 113 Å². The number of hydrogen-bond donors (Lipinski definition) is 2. The largest absolute Gasteiger partial charge is 0.412 e. The van der Waals surface area contributed by atoms with Crippen LogP contribution in [0.15, 0.2) is 30.3 Å². The molecule has 1 amide bonds. The van der Waals surface area contributed by atoms with Crippen LogP contribution >= 0.6 is 0 Å². The van der Waals surface area contributed by atoms with E-state index < -0.39 is 6.09 Å². The van der Waals surface area contributed by atoms with E-state index in [9.17, 15) is 9.90 Å². The van der Waals surface area contributed by atoms with Gasteiger partial charge in [-0.3, -0.25) is 0 Å². The highest BCUT2D eigenvalue weighted by molar-refractivity contribution is 5.70. The van der Waals surface area contributed by atoms with Gasteiger partial charge in [0, 0.05) is 13.2 Å². The SMILES string of the molecule is O=C(NCC1CCCCC1CO)Oc1ccccc1. The molecule has 4 heteroatoms. The summed E-state index contributed by atoms with van der Waals surface area (Å²) in [7, 11) is 0. The molecule has 0 aliphatic heterocycles. The first-order valence-electron chi connectivity index (χ1n) is 6.91. The third-order valence-electron chi connectivity index (χ3n) is 3.76. The molecule has 1 saturated carbocycles. The number of rotatable bonds is 4. The third kappa shape index (κ3) is 4.24. The van der Waals surface area contributed by atoms with E-state index in [-0.39, 0.29) is 6.61 Å². The van der Waals surface area contributed by atoms with Crippen molar-refractivity contribution in [3.8, 4) is 5.75 Å². The maximum Gasteiger partial charge on any atom is 0.412 e. The smallest absolute Gasteiger partial charge is 0.410 e. The van der Waals surface area contributed by atoms with Crippen LogP contribution in [0.25, 0.3) is 0 Å². The second-order valence-corrected chi connectivity index (χ2v) is 5.07. The Bertz CT molecular complexity index is 394. The van der Waals surface area contributed by atoms with Gasteiger partial charge < -0.3 is 15.2 Å². The molecule has 1 aliphatic rings. The quantitative estimate of drug-likeness (QED) is 0.877. The minimum absolute atomic E-state index is 0.208. The normalized spacial score (nSPS) is 22.8. The van der Waals surface area contributed by atoms with Gasteiger partial charge in [-0.1, -0.05) is 31.0 Å². The Kier molecular flexibility index (Phi) is 5.21. The molecule has 1 fully saturated rings. The third-order valence-corrected chi connectivity index (χ3v) is 3.76. The van der Waals surface area contributed by atoms with Crippen molar-refractivity contribution in [1.29, 1.82) is 0 Å². The average molecular weight is 263 g/mol. The average Bonchev–Trinajstić information content (AvgIpc) is 2.46. The standard InChI is InChI=1S/C15H21NO3/c17-11-13-7-5-4-6-12(13)10-16-15(18)19-14-8-2-1-3-9-14/h1-3,8-9,12-13,17H,4-7,10-11H2,(H,16,18). The minimum atomic E-state index is -0.423. The minimum Gasteiger partial charge on any atom is -0.410 e. The summed E-state index contributed by atoms with van der Waals surface area (Å²) >= 11 is 0. The topological polar surface area (TPSA) is 58.6 Å². The van der Waals surface area contributed by atoms with Crippen molar-refractivity contribution in [1.82, 2.24) is 5.32 Å². The second kappa shape index (κ2) is 7.14. The summed E-state index contributed by atoms with van der Waals surface area (Å²) in [6.07, 6.45) is 4.05. The van der Waals surface area contributed by atoms with Gasteiger partial charge in [-0.25, -0.2) is 4.79 Å². The predicted molar refractivity (Wildman–Crippen MR) is 73.0 cm³/mol. The number of nitrogens with one attached hydrogen (secondary N) is 1. The van der Waals surface area contributed by atoms with Gasteiger partial charge in [-0.15, -0.1) is 0 Å². The van der Waals surface area contributed by atoms with Crippen molar-refractivity contribution in [3.05, 3.63) is 30.3 Å². The molecule has 2 rings (SSSR count). The lowest BCUT2D eigenvalue weighted by molar-refractivity contribution is 0.131. The zero-order chi connectivity index (χ0) is 13.5. The summed E-state index contributed by atoms with van der Waals surface area (Å²) in [5.41, 5.74) is 0. The molecule has 2 unspecified atom stereocenters. The molecule has 0 saturated heterocycles. The molecule has 1 aromatic carbocycles. The van der Waals surface area contributed by atoms with Gasteiger partial charge in [0.25, 0.3) is 0 Å². The van der Waals surface area contributed by atoms with E-state index in [1.807, 2.05) is 18.2 Å². The Hall–Kier alpha value is -1.55. The van der Waals surface area contributed by atoms with Crippen molar-refractivity contribution >= 4 is 6.09 Å². The Morgan fingerprint density at radius 2 is 1.89 bits per heavy atom. The molecule has 4 nitrogen and oxygen atoms in total. The van der Waals surface area contributed by atoms with E-state index in [1.54, 1.807) is 12.1 Å². The van der Waals surface area contributed by atoms with Gasteiger partial charge in [0.2, 0.25) is 0 Å². The van der Waals surface area contributed by atoms with Gasteiger partial charge in [-0.2, -0.15) is 0 Å². The van der Waals surface area contributed by atoms with Gasteiger partial charge in [0.15, 0.2) is 0 Å². The van der Waals surface area contributed by atoms with Crippen LogP contribution < -0.4 is 10.1 Å². The van der Waals surface area contributed by atoms with Crippen LogP contribution in [0.2, 0.25) is 0 Å². The van der Waals surface area contributed by atoms with E-state index in [0.29, 0.717) is 24.1 Å². The van der Waals surface area contributed by atoms with Crippen molar-refractivity contribution < 1.29 is 14.6 Å². The molecule has 0 spiro atoms. The van der Waals surface area contributed by atoms with Crippen LogP contribution in [0.1, 0.15) is 25.7 Å². The fourth-order valence-corrected chi connectivity index (χ4v) is 2.64. The fourth-order valence-electron chi connectivity index (χ4n) is 2.64. The van der Waals surface area contributed by atoms with Gasteiger partial charge in [-0.05, 0) is 36.8 Å². The molecule has 1 aromatic rings. The maximum absolute atomic E-state index is 11.7. The number of hydrogen-bond acceptors (Lipinski definition) is 3. The van der Waals surface area contributed by atoms with Crippen molar-refractivity contribution in [3.63, 3.8) is 0 Å². The zero-order valence-corrected chi connectivity index (χ0v) is 11.0. The van der Waals surface area contributed by atoms with Gasteiger partial charge in [0.05, 0.1) is 0 Å². The highest BCUT2D eigenvalue weighted by atomic mass is 16.6. The van der Waals surface area contributed by atoms with E-state index >= 15 is 0 Å². The molecular formula is C15H21NO3. The molecule has 0 heterocycles. The molecule has 19 heavy (non-hydrogen) atoms. The van der Waals surface area contributed by atoms with Crippen molar-refractivity contribution in [2.24, 2.45) is 11.8 Å². The number of carbonyl (C=O) groups excluding carboxylic acids is 1. The number of amides is 1. The Morgan fingerprint density at radius 3 is 2.58 bits per heavy atom. The van der Waals surface area contributed by atoms with E-state index in [0.717, 1.165) is 12.8 Å². The number of benzene rings is 1. The highest BCUT2D eigenvalue weighted by Gasteiger charge is 2.24. The highest BCUT2D eigenvalue weighted by Crippen LogP contribution is 2.29. The fraction of sp³-hybridized carbons (Fsp3) is 0.533. The first-order chi connectivity index (χ1) is 9.29. The maximum atomic E-state index is 11.7. The lowest BCUT2D eigenvalue weighted by Crippen LogP contribution is -2.36. The number of ether oxygens (including phenoxy) is 1. The predicted octanol–water partition coefficient (Wildman–Crippen LogP) is 2.57. The molecule has 0 radical (unpaired) electrons. The summed E-state index contributed by atoms with van der Waals surface area (Å²) in [6.45, 7) is 0.789. The molecule has 1 aliphatic carbocycles. The van der Waals surface area contributed by atoms with Gasteiger partial charge >= 0.3 is 6.09 Å². The zero-order valence-electron chi connectivity index (χ0n) is 11.0. The molecule has 2 atom stereocenters. The van der Waals surface area contributed by atoms with E-state index in [2.05, 4.69) is 5.32 Å². The summed E-state index contributed by atoms with van der Waals surface area (Å²) in [4.78, 5) is 11.7. The van der Waals surface area contributed by atoms with Crippen LogP contribution in [0.4, 0.5) is 4.79 Å². The first kappa shape index (κ1) is 13.9. The second-order valence-electron chi connectivity index (χ2n) is 5.07. The molecule has 2 N–H and O–H groups in total. The van der Waals surface area contributed by atoms with Crippen LogP contribution in [-0.4, -0.2) is 24.4 Å². The van der Waals surface area contributed by atoms with Crippen LogP contribution in [0.3, 0.4) is 0 Å². The Morgan fingerprint density at radius 1 is 1.21 bits per heavy atom. The number of para-hydroxylation sites is 1. The first-order valence-corrected chi connectivity index (χ1v) is 6.91. The number of aliphatic hydroxyl groups is 1. The molecule has 0 bridgehead atoms. The van der Waals surface area contributed by atoms with Gasteiger partial charge in [0.1, 0.15) is 5.75 Å². The molecule has 104 valence electrons. The van der Waals surface area contributed by atoms with Crippen LogP contribution in [0, 0.1) is 11.8 Å². The molecule has 0 aromatic heterocycles. The monoisotopic (exact) mass is 263 g/mol. The Balaban J connectivity index is 1.76. The van der Waals surface area contributed by atoms with E-state index in [4.69, 9.17) is 4.74 Å². The van der Waals surface area contributed by atoms with Crippen molar-refractivity contribution in [2.75, 3.05) is 13.2 Å². The van der Waals surface area contributed by atoms with Crippen LogP contribution in [0.5, 0.6) is 5.75 Å². The summed E-state index contributed by atoms with van der Waals surface area (Å²) < 4.78 is 5.16. The van der Waals surface area contributed by atoms with Crippen LogP contribution in [-0.2, 0) is 0 Å². The van der Waals surface area contributed by atoms with E-state index in [1.165, 1.54) is 12.8 Å². The lowest BCUT2D eigenvalue weighted by atomic mass is 9.80. The number of aliphatic hydroxyl groups excluding tert-OH is 1. The van der Waals surface area contributed by atoms with Crippen molar-refractivity contribution in [2.45, 2.75) is 25.7 Å². The lowest BCUT2D eigenvalue weighted by Gasteiger charge is -2.30. The summed E-state index contributed by atoms with van der Waals surface area (Å²) in [5.74, 6) is 1.22. The molecular weight excluding hydrogens is 242 g/mol.